The highest BCUT2D eigenvalue weighted by Crippen LogP contribution is 2.25. The Morgan fingerprint density at radius 1 is 1.12 bits per heavy atom. The van der Waals surface area contributed by atoms with Crippen LogP contribution in [0.2, 0.25) is 0 Å². The van der Waals surface area contributed by atoms with Crippen LogP contribution in [0.3, 0.4) is 0 Å². The average molecular weight is 240 g/mol. The van der Waals surface area contributed by atoms with Gasteiger partial charge in [0.1, 0.15) is 5.78 Å². The summed E-state index contributed by atoms with van der Waals surface area (Å²) >= 11 is 0. The van der Waals surface area contributed by atoms with Gasteiger partial charge in [0.05, 0.1) is 6.54 Å². The smallest absolute Gasteiger partial charge is 0.149 e. The van der Waals surface area contributed by atoms with Crippen molar-refractivity contribution in [2.24, 2.45) is 5.92 Å². The molecule has 0 heterocycles. The predicted octanol–water partition coefficient (Wildman–Crippen LogP) is 2.02. The van der Waals surface area contributed by atoms with Crippen LogP contribution in [0.4, 0.5) is 0 Å². The molecule has 1 aliphatic carbocycles. The van der Waals surface area contributed by atoms with Gasteiger partial charge in [0, 0.05) is 18.0 Å². The Bertz CT molecular complexity index is 251. The third kappa shape index (κ3) is 4.07. The second kappa shape index (κ2) is 6.50. The molecule has 0 aromatic rings. The minimum absolute atomic E-state index is 0.152. The molecule has 0 bridgehead atoms. The van der Waals surface area contributed by atoms with Gasteiger partial charge in [0.15, 0.2) is 0 Å². The zero-order valence-corrected chi connectivity index (χ0v) is 12.1. The molecule has 0 amide bonds. The number of Topliss-reactive ketones (excluding diaryl/α,β-unsaturated/α-hetero) is 1. The maximum atomic E-state index is 11.8. The van der Waals surface area contributed by atoms with Gasteiger partial charge in [-0.15, -0.1) is 0 Å². The number of carbonyl (C=O) groups excluding carboxylic acids is 1. The van der Waals surface area contributed by atoms with Crippen molar-refractivity contribution in [1.29, 1.82) is 0 Å². The van der Waals surface area contributed by atoms with E-state index in [1.165, 1.54) is 25.7 Å². The number of hydrogen-bond donors (Lipinski definition) is 0. The van der Waals surface area contributed by atoms with Crippen LogP contribution < -0.4 is 0 Å². The van der Waals surface area contributed by atoms with Gasteiger partial charge in [0.25, 0.3) is 0 Å². The third-order valence-corrected chi connectivity index (χ3v) is 3.97. The minimum Gasteiger partial charge on any atom is -0.305 e. The van der Waals surface area contributed by atoms with Gasteiger partial charge in [-0.1, -0.05) is 26.7 Å². The van der Waals surface area contributed by atoms with Crippen LogP contribution in [0.5, 0.6) is 0 Å². The number of carbonyl (C=O) groups is 1. The summed E-state index contributed by atoms with van der Waals surface area (Å²) in [5.74, 6) is 0.509. The van der Waals surface area contributed by atoms with Gasteiger partial charge in [-0.2, -0.15) is 0 Å². The van der Waals surface area contributed by atoms with Gasteiger partial charge in [0.2, 0.25) is 0 Å². The molecule has 0 radical (unpaired) electrons. The van der Waals surface area contributed by atoms with Crippen molar-refractivity contribution in [1.82, 2.24) is 9.80 Å². The van der Waals surface area contributed by atoms with Crippen molar-refractivity contribution in [2.75, 3.05) is 27.7 Å². The molecular weight excluding hydrogens is 212 g/mol. The van der Waals surface area contributed by atoms with Crippen molar-refractivity contribution >= 4 is 5.78 Å². The lowest BCUT2D eigenvalue weighted by molar-refractivity contribution is -0.123. The molecule has 2 atom stereocenters. The van der Waals surface area contributed by atoms with Crippen molar-refractivity contribution in [2.45, 2.75) is 51.6 Å². The van der Waals surface area contributed by atoms with Crippen LogP contribution in [0.15, 0.2) is 0 Å². The van der Waals surface area contributed by atoms with E-state index in [1.54, 1.807) is 0 Å². The van der Waals surface area contributed by atoms with Gasteiger partial charge in [-0.05, 0) is 34.0 Å². The van der Waals surface area contributed by atoms with E-state index in [1.807, 2.05) is 13.8 Å². The Morgan fingerprint density at radius 3 is 2.12 bits per heavy atom. The highest BCUT2D eigenvalue weighted by Gasteiger charge is 2.30. The third-order valence-electron chi connectivity index (χ3n) is 3.97. The molecule has 0 spiro atoms. The van der Waals surface area contributed by atoms with Crippen molar-refractivity contribution in [3.05, 3.63) is 0 Å². The number of likely N-dealkylation sites (N-methyl/N-ethyl adjacent to an activating group) is 2. The van der Waals surface area contributed by atoms with E-state index in [0.29, 0.717) is 24.4 Å². The predicted molar refractivity (Wildman–Crippen MR) is 72.2 cm³/mol. The van der Waals surface area contributed by atoms with Crippen LogP contribution in [0.25, 0.3) is 0 Å². The largest absolute Gasteiger partial charge is 0.305 e. The Morgan fingerprint density at radius 2 is 1.65 bits per heavy atom. The molecule has 0 saturated heterocycles. The maximum absolute atomic E-state index is 11.8. The normalized spacial score (nSPS) is 25.9. The molecule has 0 aliphatic heterocycles. The fraction of sp³-hybridized carbons (Fsp3) is 0.929. The van der Waals surface area contributed by atoms with Crippen molar-refractivity contribution < 1.29 is 4.79 Å². The molecule has 0 N–H and O–H groups in total. The van der Waals surface area contributed by atoms with Gasteiger partial charge in [-0.3, -0.25) is 9.69 Å². The number of rotatable bonds is 5. The fourth-order valence-electron chi connectivity index (χ4n) is 2.75. The Labute approximate surface area is 106 Å². The Hall–Kier alpha value is -0.410. The second-order valence-corrected chi connectivity index (χ2v) is 5.92. The molecule has 17 heavy (non-hydrogen) atoms. The monoisotopic (exact) mass is 240 g/mol. The number of ketones is 1. The summed E-state index contributed by atoms with van der Waals surface area (Å²) < 4.78 is 0. The summed E-state index contributed by atoms with van der Waals surface area (Å²) in [5.41, 5.74) is 0. The summed E-state index contributed by atoms with van der Waals surface area (Å²) in [4.78, 5) is 16.4. The Kier molecular flexibility index (Phi) is 5.60. The van der Waals surface area contributed by atoms with E-state index in [0.717, 1.165) is 0 Å². The minimum atomic E-state index is 0.152. The first-order chi connectivity index (χ1) is 7.93. The molecule has 1 aliphatic rings. The maximum Gasteiger partial charge on any atom is 0.149 e. The fourth-order valence-corrected chi connectivity index (χ4v) is 2.75. The molecule has 3 heteroatoms. The van der Waals surface area contributed by atoms with Gasteiger partial charge >= 0.3 is 0 Å². The van der Waals surface area contributed by atoms with E-state index in [-0.39, 0.29) is 5.92 Å². The summed E-state index contributed by atoms with van der Waals surface area (Å²) in [6, 6.07) is 1.15. The first-order valence-corrected chi connectivity index (χ1v) is 6.83. The summed E-state index contributed by atoms with van der Waals surface area (Å²) in [6.45, 7) is 4.58. The molecule has 1 rings (SSSR count). The quantitative estimate of drug-likeness (QED) is 0.734. The highest BCUT2D eigenvalue weighted by molar-refractivity contribution is 5.82. The highest BCUT2D eigenvalue weighted by atomic mass is 16.1. The Balaban J connectivity index is 2.58. The average Bonchev–Trinajstić information content (AvgIpc) is 2.28. The molecule has 3 nitrogen and oxygen atoms in total. The van der Waals surface area contributed by atoms with E-state index in [9.17, 15) is 4.79 Å². The lowest BCUT2D eigenvalue weighted by atomic mass is 9.88. The zero-order valence-electron chi connectivity index (χ0n) is 12.1. The van der Waals surface area contributed by atoms with E-state index in [4.69, 9.17) is 0 Å². The topological polar surface area (TPSA) is 23.6 Å². The summed E-state index contributed by atoms with van der Waals surface area (Å²) in [7, 11) is 6.41. The standard InChI is InChI=1S/C14H28N2O/c1-11(2)14(17)10-16(5)13-9-7-6-8-12(13)15(3)4/h11-13H,6-10H2,1-5H3/t12-,13-/m0/s1. The van der Waals surface area contributed by atoms with Crippen LogP contribution in [0.1, 0.15) is 39.5 Å². The second-order valence-electron chi connectivity index (χ2n) is 5.92. The molecule has 1 fully saturated rings. The molecular formula is C14H28N2O. The number of hydrogen-bond acceptors (Lipinski definition) is 3. The number of nitrogens with zero attached hydrogens (tertiary/aromatic N) is 2. The molecule has 0 aromatic heterocycles. The van der Waals surface area contributed by atoms with Crippen molar-refractivity contribution in [3.63, 3.8) is 0 Å². The molecule has 100 valence electrons. The first kappa shape index (κ1) is 14.7. The van der Waals surface area contributed by atoms with Crippen LogP contribution >= 0.6 is 0 Å². The summed E-state index contributed by atoms with van der Waals surface area (Å²) in [6.07, 6.45) is 5.11. The molecule has 0 unspecified atom stereocenters. The zero-order chi connectivity index (χ0) is 13.0. The molecule has 0 aromatic carbocycles. The van der Waals surface area contributed by atoms with Gasteiger partial charge < -0.3 is 4.90 Å². The lowest BCUT2D eigenvalue weighted by Crippen LogP contribution is -2.51. The first-order valence-electron chi connectivity index (χ1n) is 6.83. The molecule has 1 saturated carbocycles. The van der Waals surface area contributed by atoms with E-state index in [2.05, 4.69) is 30.9 Å². The van der Waals surface area contributed by atoms with Gasteiger partial charge in [-0.25, -0.2) is 0 Å². The van der Waals surface area contributed by atoms with Crippen LogP contribution in [-0.4, -0.2) is 55.4 Å². The van der Waals surface area contributed by atoms with Crippen LogP contribution in [0, 0.1) is 5.92 Å². The SMILES string of the molecule is CC(C)C(=O)CN(C)[C@H]1CCCC[C@@H]1N(C)C. The summed E-state index contributed by atoms with van der Waals surface area (Å²) in [5, 5.41) is 0. The van der Waals surface area contributed by atoms with Crippen molar-refractivity contribution in [3.8, 4) is 0 Å². The van der Waals surface area contributed by atoms with E-state index >= 15 is 0 Å². The van der Waals surface area contributed by atoms with E-state index < -0.39 is 0 Å². The lowest BCUT2D eigenvalue weighted by Gasteiger charge is -2.41. The van der Waals surface area contributed by atoms with Crippen LogP contribution in [-0.2, 0) is 4.79 Å².